The van der Waals surface area contributed by atoms with E-state index in [0.717, 1.165) is 33.4 Å². The van der Waals surface area contributed by atoms with Gasteiger partial charge < -0.3 is 10.1 Å². The summed E-state index contributed by atoms with van der Waals surface area (Å²) in [5, 5.41) is 3.73. The van der Waals surface area contributed by atoms with Crippen molar-refractivity contribution in [1.82, 2.24) is 5.32 Å². The number of hydrogen-bond donors (Lipinski definition) is 1. The number of ether oxygens (including phenoxy) is 1. The maximum Gasteiger partial charge on any atom is 0.251 e. The van der Waals surface area contributed by atoms with Crippen LogP contribution in [0.2, 0.25) is 5.02 Å². The van der Waals surface area contributed by atoms with Gasteiger partial charge in [-0.15, -0.1) is 11.8 Å². The van der Waals surface area contributed by atoms with Crippen LogP contribution >= 0.6 is 23.4 Å². The van der Waals surface area contributed by atoms with Gasteiger partial charge in [0.1, 0.15) is 5.75 Å². The topological polar surface area (TPSA) is 38.3 Å². The second-order valence-corrected chi connectivity index (χ2v) is 7.27. The first kappa shape index (κ1) is 19.7. The Kier molecular flexibility index (Phi) is 7.66. The quantitative estimate of drug-likeness (QED) is 0.612. The number of carbonyl (C=O) groups excluding carboxylic acids is 1. The molecule has 0 aliphatic heterocycles. The SMILES string of the molecule is CCOc1ccc(C(=O)N[C@H](C)CC)cc1CSc1ccc(Cl)cc1. The monoisotopic (exact) mass is 377 g/mol. The van der Waals surface area contributed by atoms with E-state index in [9.17, 15) is 4.79 Å². The summed E-state index contributed by atoms with van der Waals surface area (Å²) in [6, 6.07) is 13.5. The van der Waals surface area contributed by atoms with Gasteiger partial charge >= 0.3 is 0 Å². The molecule has 0 radical (unpaired) electrons. The summed E-state index contributed by atoms with van der Waals surface area (Å²) in [4.78, 5) is 13.5. The number of amides is 1. The molecule has 0 unspecified atom stereocenters. The summed E-state index contributed by atoms with van der Waals surface area (Å²) in [6.07, 6.45) is 0.905. The van der Waals surface area contributed by atoms with Gasteiger partial charge in [0.15, 0.2) is 0 Å². The Morgan fingerprint density at radius 3 is 2.56 bits per heavy atom. The Morgan fingerprint density at radius 2 is 1.92 bits per heavy atom. The molecule has 0 spiro atoms. The molecule has 0 aromatic heterocycles. The summed E-state index contributed by atoms with van der Waals surface area (Å²) < 4.78 is 5.72. The average Bonchev–Trinajstić information content (AvgIpc) is 2.62. The van der Waals surface area contributed by atoms with E-state index in [1.807, 2.05) is 56.3 Å². The summed E-state index contributed by atoms with van der Waals surface area (Å²) in [7, 11) is 0. The maximum atomic E-state index is 12.4. The first-order valence-electron chi connectivity index (χ1n) is 8.48. The van der Waals surface area contributed by atoms with Gasteiger partial charge in [0, 0.05) is 32.8 Å². The highest BCUT2D eigenvalue weighted by Gasteiger charge is 2.12. The van der Waals surface area contributed by atoms with Gasteiger partial charge in [-0.05, 0) is 62.7 Å². The van der Waals surface area contributed by atoms with Gasteiger partial charge in [-0.1, -0.05) is 18.5 Å². The lowest BCUT2D eigenvalue weighted by Gasteiger charge is -2.14. The Morgan fingerprint density at radius 1 is 1.20 bits per heavy atom. The molecule has 3 nitrogen and oxygen atoms in total. The van der Waals surface area contributed by atoms with Crippen molar-refractivity contribution >= 4 is 29.3 Å². The summed E-state index contributed by atoms with van der Waals surface area (Å²) in [6.45, 7) is 6.61. The van der Waals surface area contributed by atoms with Crippen molar-refractivity contribution in [2.75, 3.05) is 6.61 Å². The zero-order valence-corrected chi connectivity index (χ0v) is 16.4. The summed E-state index contributed by atoms with van der Waals surface area (Å²) >= 11 is 7.62. The number of halogens is 1. The summed E-state index contributed by atoms with van der Waals surface area (Å²) in [5.74, 6) is 1.50. The van der Waals surface area contributed by atoms with Crippen LogP contribution in [-0.2, 0) is 5.75 Å². The lowest BCUT2D eigenvalue weighted by molar-refractivity contribution is 0.0939. The third-order valence-electron chi connectivity index (χ3n) is 3.82. The predicted molar refractivity (Wildman–Crippen MR) is 106 cm³/mol. The minimum atomic E-state index is -0.0462. The lowest BCUT2D eigenvalue weighted by Crippen LogP contribution is -2.31. The van der Waals surface area contributed by atoms with Crippen molar-refractivity contribution in [2.45, 2.75) is 43.9 Å². The standard InChI is InChI=1S/C20H24ClNO2S/c1-4-14(3)22-20(23)15-6-11-19(24-5-2)16(12-15)13-25-18-9-7-17(21)8-10-18/h6-12,14H,4-5,13H2,1-3H3,(H,22,23)/t14-/m1/s1. The van der Waals surface area contributed by atoms with Gasteiger partial charge in [0.25, 0.3) is 5.91 Å². The van der Waals surface area contributed by atoms with E-state index in [-0.39, 0.29) is 11.9 Å². The fraction of sp³-hybridized carbons (Fsp3) is 0.350. The molecule has 0 saturated heterocycles. The van der Waals surface area contributed by atoms with E-state index in [1.165, 1.54) is 0 Å². The molecule has 0 aliphatic rings. The van der Waals surface area contributed by atoms with Gasteiger partial charge in [-0.25, -0.2) is 0 Å². The van der Waals surface area contributed by atoms with E-state index >= 15 is 0 Å². The van der Waals surface area contributed by atoms with E-state index in [4.69, 9.17) is 16.3 Å². The molecular formula is C20H24ClNO2S. The second-order valence-electron chi connectivity index (χ2n) is 5.78. The fourth-order valence-corrected chi connectivity index (χ4v) is 3.23. The minimum Gasteiger partial charge on any atom is -0.494 e. The van der Waals surface area contributed by atoms with E-state index in [1.54, 1.807) is 11.8 Å². The molecule has 2 aromatic carbocycles. The molecule has 2 rings (SSSR count). The molecule has 0 bridgehead atoms. The van der Waals surface area contributed by atoms with E-state index in [0.29, 0.717) is 12.2 Å². The summed E-state index contributed by atoms with van der Waals surface area (Å²) in [5.41, 5.74) is 1.68. The molecule has 1 atom stereocenters. The third kappa shape index (κ3) is 5.98. The maximum absolute atomic E-state index is 12.4. The lowest BCUT2D eigenvalue weighted by atomic mass is 10.1. The van der Waals surface area contributed by atoms with Crippen molar-refractivity contribution in [3.8, 4) is 5.75 Å². The molecule has 5 heteroatoms. The van der Waals surface area contributed by atoms with Crippen LogP contribution in [0.4, 0.5) is 0 Å². The van der Waals surface area contributed by atoms with Crippen LogP contribution in [0.25, 0.3) is 0 Å². The molecule has 0 aliphatic carbocycles. The van der Waals surface area contributed by atoms with E-state index < -0.39 is 0 Å². The Balaban J connectivity index is 2.16. The highest BCUT2D eigenvalue weighted by molar-refractivity contribution is 7.98. The van der Waals surface area contributed by atoms with Crippen LogP contribution in [0.1, 0.15) is 43.1 Å². The number of rotatable bonds is 8. The Bertz CT molecular complexity index is 703. The third-order valence-corrected chi connectivity index (χ3v) is 5.13. The van der Waals surface area contributed by atoms with Crippen molar-refractivity contribution in [1.29, 1.82) is 0 Å². The molecule has 134 valence electrons. The number of thioether (sulfide) groups is 1. The van der Waals surface area contributed by atoms with Gasteiger partial charge in [0.05, 0.1) is 6.61 Å². The van der Waals surface area contributed by atoms with Crippen molar-refractivity contribution in [2.24, 2.45) is 0 Å². The van der Waals surface area contributed by atoms with Crippen molar-refractivity contribution in [3.63, 3.8) is 0 Å². The normalized spacial score (nSPS) is 11.8. The molecule has 25 heavy (non-hydrogen) atoms. The zero-order valence-electron chi connectivity index (χ0n) is 14.8. The predicted octanol–water partition coefficient (Wildman–Crippen LogP) is 5.56. The first-order valence-corrected chi connectivity index (χ1v) is 9.84. The van der Waals surface area contributed by atoms with Crippen LogP contribution in [0.5, 0.6) is 5.75 Å². The number of nitrogens with one attached hydrogen (secondary N) is 1. The largest absolute Gasteiger partial charge is 0.494 e. The van der Waals surface area contributed by atoms with Crippen LogP contribution < -0.4 is 10.1 Å². The highest BCUT2D eigenvalue weighted by Crippen LogP contribution is 2.29. The molecule has 1 amide bonds. The van der Waals surface area contributed by atoms with Crippen molar-refractivity contribution in [3.05, 3.63) is 58.6 Å². The molecule has 0 fully saturated rings. The Hall–Kier alpha value is -1.65. The highest BCUT2D eigenvalue weighted by atomic mass is 35.5. The number of carbonyl (C=O) groups is 1. The van der Waals surface area contributed by atoms with Crippen LogP contribution in [0.3, 0.4) is 0 Å². The Labute approximate surface area is 159 Å². The molecular weight excluding hydrogens is 354 g/mol. The number of benzene rings is 2. The van der Waals surface area contributed by atoms with E-state index in [2.05, 4.69) is 12.2 Å². The average molecular weight is 378 g/mol. The van der Waals surface area contributed by atoms with Crippen molar-refractivity contribution < 1.29 is 9.53 Å². The van der Waals surface area contributed by atoms with Gasteiger partial charge in [-0.2, -0.15) is 0 Å². The minimum absolute atomic E-state index is 0.0462. The van der Waals surface area contributed by atoms with Gasteiger partial charge in [0.2, 0.25) is 0 Å². The van der Waals surface area contributed by atoms with Crippen LogP contribution in [-0.4, -0.2) is 18.6 Å². The first-order chi connectivity index (χ1) is 12.0. The zero-order chi connectivity index (χ0) is 18.2. The second kappa shape index (κ2) is 9.73. The number of hydrogen-bond acceptors (Lipinski definition) is 3. The molecule has 2 aromatic rings. The van der Waals surface area contributed by atoms with Crippen LogP contribution in [0, 0.1) is 0 Å². The van der Waals surface area contributed by atoms with Gasteiger partial charge in [-0.3, -0.25) is 4.79 Å². The molecule has 1 N–H and O–H groups in total. The smallest absolute Gasteiger partial charge is 0.251 e. The fourth-order valence-electron chi connectivity index (χ4n) is 2.23. The molecule has 0 heterocycles. The molecule has 0 saturated carbocycles. The van der Waals surface area contributed by atoms with Crippen LogP contribution in [0.15, 0.2) is 47.4 Å².